The van der Waals surface area contributed by atoms with Crippen molar-refractivity contribution in [3.05, 3.63) is 93.2 Å². The average Bonchev–Trinajstić information content (AvgIpc) is 2.70. The first-order valence-electron chi connectivity index (χ1n) is 8.04. The lowest BCUT2D eigenvalue weighted by molar-refractivity contribution is 0.0734. The van der Waals surface area contributed by atoms with Crippen LogP contribution in [-0.2, 0) is 0 Å². The minimum absolute atomic E-state index is 0.250. The van der Waals surface area contributed by atoms with Crippen molar-refractivity contribution in [3.8, 4) is 5.75 Å². The van der Waals surface area contributed by atoms with E-state index < -0.39 is 11.9 Å². The average molecular weight is 459 g/mol. The van der Waals surface area contributed by atoms with E-state index in [0.717, 1.165) is 4.47 Å². The molecule has 140 valence electrons. The second kappa shape index (κ2) is 9.25. The maximum absolute atomic E-state index is 12.4. The molecule has 3 aromatic rings. The molecule has 0 saturated carbocycles. The highest BCUT2D eigenvalue weighted by atomic mass is 79.9. The Bertz CT molecular complexity index is 1040. The monoisotopic (exact) mass is 457 g/mol. The summed E-state index contributed by atoms with van der Waals surface area (Å²) in [6, 6.07) is 14.9. The standard InChI is InChI=1S/C20H13BrClN3O3/c21-15-7-8-18(28-20(27)16-5-1-2-6-17(16)22)14(10-15)12-24-25-19(26)13-4-3-9-23-11-13/h1-12H,(H,25,26). The van der Waals surface area contributed by atoms with Gasteiger partial charge in [0.2, 0.25) is 0 Å². The number of halogens is 2. The van der Waals surface area contributed by atoms with Gasteiger partial charge in [-0.1, -0.05) is 39.7 Å². The molecule has 3 rings (SSSR count). The van der Waals surface area contributed by atoms with E-state index in [0.29, 0.717) is 16.1 Å². The molecule has 0 unspecified atom stereocenters. The fourth-order valence-corrected chi connectivity index (χ4v) is 2.81. The fourth-order valence-electron chi connectivity index (χ4n) is 2.22. The number of amides is 1. The molecule has 1 N–H and O–H groups in total. The normalized spacial score (nSPS) is 10.6. The number of carbonyl (C=O) groups is 2. The summed E-state index contributed by atoms with van der Waals surface area (Å²) in [6.45, 7) is 0. The van der Waals surface area contributed by atoms with Gasteiger partial charge in [0.05, 0.1) is 22.4 Å². The summed E-state index contributed by atoms with van der Waals surface area (Å²) in [4.78, 5) is 28.3. The Balaban J connectivity index is 1.76. The molecule has 2 aromatic carbocycles. The van der Waals surface area contributed by atoms with Crippen LogP contribution < -0.4 is 10.2 Å². The minimum atomic E-state index is -0.595. The van der Waals surface area contributed by atoms with Crippen LogP contribution in [0.5, 0.6) is 5.75 Å². The quantitative estimate of drug-likeness (QED) is 0.264. The number of hydrazone groups is 1. The molecule has 0 saturated heterocycles. The molecule has 0 fully saturated rings. The number of nitrogens with zero attached hydrogens (tertiary/aromatic N) is 2. The number of nitrogens with one attached hydrogen (secondary N) is 1. The summed E-state index contributed by atoms with van der Waals surface area (Å²) in [5, 5.41) is 4.22. The second-order valence-corrected chi connectivity index (χ2v) is 6.82. The van der Waals surface area contributed by atoms with Crippen LogP contribution >= 0.6 is 27.5 Å². The number of hydrogen-bond acceptors (Lipinski definition) is 5. The van der Waals surface area contributed by atoms with E-state index in [1.54, 1.807) is 60.8 Å². The third-order valence-electron chi connectivity index (χ3n) is 3.56. The van der Waals surface area contributed by atoms with Gasteiger partial charge in [0.1, 0.15) is 5.75 Å². The van der Waals surface area contributed by atoms with Crippen LogP contribution in [0.25, 0.3) is 0 Å². The Morgan fingerprint density at radius 3 is 2.71 bits per heavy atom. The van der Waals surface area contributed by atoms with Crippen LogP contribution in [-0.4, -0.2) is 23.1 Å². The SMILES string of the molecule is O=C(NN=Cc1cc(Br)ccc1OC(=O)c1ccccc1Cl)c1cccnc1. The Kier molecular flexibility index (Phi) is 6.52. The first-order chi connectivity index (χ1) is 13.5. The smallest absolute Gasteiger partial charge is 0.345 e. The van der Waals surface area contributed by atoms with Crippen LogP contribution in [0.3, 0.4) is 0 Å². The van der Waals surface area contributed by atoms with E-state index in [9.17, 15) is 9.59 Å². The highest BCUT2D eigenvalue weighted by molar-refractivity contribution is 9.10. The van der Waals surface area contributed by atoms with E-state index in [-0.39, 0.29) is 11.3 Å². The summed E-state index contributed by atoms with van der Waals surface area (Å²) < 4.78 is 6.21. The number of esters is 1. The third-order valence-corrected chi connectivity index (χ3v) is 4.38. The molecule has 0 radical (unpaired) electrons. The molecule has 6 nitrogen and oxygen atoms in total. The van der Waals surface area contributed by atoms with Crippen LogP contribution in [0.1, 0.15) is 26.3 Å². The van der Waals surface area contributed by atoms with Gasteiger partial charge in [0, 0.05) is 22.4 Å². The van der Waals surface area contributed by atoms with Crippen LogP contribution in [0.4, 0.5) is 0 Å². The highest BCUT2D eigenvalue weighted by Gasteiger charge is 2.14. The molecule has 1 aromatic heterocycles. The molecular formula is C20H13BrClN3O3. The number of aromatic nitrogens is 1. The summed E-state index contributed by atoms with van der Waals surface area (Å²) in [5.74, 6) is -0.733. The first kappa shape index (κ1) is 19.7. The van der Waals surface area contributed by atoms with Crippen LogP contribution in [0.15, 0.2) is 76.6 Å². The van der Waals surface area contributed by atoms with Gasteiger partial charge in [0.15, 0.2) is 0 Å². The van der Waals surface area contributed by atoms with Crippen molar-refractivity contribution in [1.82, 2.24) is 10.4 Å². The Morgan fingerprint density at radius 1 is 1.14 bits per heavy atom. The Labute approximate surface area is 174 Å². The topological polar surface area (TPSA) is 80.6 Å². The van der Waals surface area contributed by atoms with E-state index in [1.165, 1.54) is 12.4 Å². The minimum Gasteiger partial charge on any atom is -0.422 e. The number of pyridine rings is 1. The molecule has 1 heterocycles. The number of carbonyl (C=O) groups excluding carboxylic acids is 2. The lowest BCUT2D eigenvalue weighted by atomic mass is 10.2. The molecule has 8 heteroatoms. The molecular weight excluding hydrogens is 446 g/mol. The third kappa shape index (κ3) is 5.03. The molecule has 1 amide bonds. The maximum atomic E-state index is 12.4. The predicted molar refractivity (Wildman–Crippen MR) is 110 cm³/mol. The fraction of sp³-hybridized carbons (Fsp3) is 0. The number of hydrogen-bond donors (Lipinski definition) is 1. The summed E-state index contributed by atoms with van der Waals surface area (Å²) >= 11 is 9.40. The van der Waals surface area contributed by atoms with Crippen LogP contribution in [0.2, 0.25) is 5.02 Å². The van der Waals surface area contributed by atoms with Gasteiger partial charge in [-0.25, -0.2) is 10.2 Å². The summed E-state index contributed by atoms with van der Waals surface area (Å²) in [7, 11) is 0. The molecule has 0 bridgehead atoms. The molecule has 28 heavy (non-hydrogen) atoms. The van der Waals surface area contributed by atoms with Crippen LogP contribution in [0, 0.1) is 0 Å². The number of ether oxygens (including phenoxy) is 1. The maximum Gasteiger partial charge on any atom is 0.345 e. The number of benzene rings is 2. The van der Waals surface area contributed by atoms with E-state index in [1.807, 2.05) is 0 Å². The predicted octanol–water partition coefficient (Wildman–Crippen LogP) is 4.48. The zero-order chi connectivity index (χ0) is 19.9. The molecule has 0 atom stereocenters. The lowest BCUT2D eigenvalue weighted by Crippen LogP contribution is -2.17. The van der Waals surface area contributed by atoms with Crippen molar-refractivity contribution in [2.24, 2.45) is 5.10 Å². The zero-order valence-corrected chi connectivity index (χ0v) is 16.6. The van der Waals surface area contributed by atoms with Crippen molar-refractivity contribution >= 4 is 45.6 Å². The Hall–Kier alpha value is -3.03. The van der Waals surface area contributed by atoms with E-state index in [4.69, 9.17) is 16.3 Å². The van der Waals surface area contributed by atoms with Gasteiger partial charge in [-0.3, -0.25) is 9.78 Å². The largest absolute Gasteiger partial charge is 0.422 e. The van der Waals surface area contributed by atoms with Crippen molar-refractivity contribution in [2.75, 3.05) is 0 Å². The Morgan fingerprint density at radius 2 is 1.96 bits per heavy atom. The van der Waals surface area contributed by atoms with Crippen molar-refractivity contribution in [1.29, 1.82) is 0 Å². The van der Waals surface area contributed by atoms with Crippen molar-refractivity contribution in [2.45, 2.75) is 0 Å². The van der Waals surface area contributed by atoms with Gasteiger partial charge in [-0.2, -0.15) is 5.10 Å². The van der Waals surface area contributed by atoms with Gasteiger partial charge in [0.25, 0.3) is 5.91 Å². The molecule has 0 aliphatic rings. The van der Waals surface area contributed by atoms with E-state index >= 15 is 0 Å². The number of rotatable bonds is 5. The van der Waals surface area contributed by atoms with E-state index in [2.05, 4.69) is 31.4 Å². The van der Waals surface area contributed by atoms with Gasteiger partial charge >= 0.3 is 5.97 Å². The second-order valence-electron chi connectivity index (χ2n) is 5.49. The molecule has 0 aliphatic heterocycles. The lowest BCUT2D eigenvalue weighted by Gasteiger charge is -2.09. The summed E-state index contributed by atoms with van der Waals surface area (Å²) in [6.07, 6.45) is 4.39. The highest BCUT2D eigenvalue weighted by Crippen LogP contribution is 2.24. The van der Waals surface area contributed by atoms with Gasteiger partial charge in [-0.05, 0) is 42.5 Å². The molecule has 0 aliphatic carbocycles. The molecule has 0 spiro atoms. The first-order valence-corrected chi connectivity index (χ1v) is 9.21. The summed E-state index contributed by atoms with van der Waals surface area (Å²) in [5.41, 5.74) is 3.51. The van der Waals surface area contributed by atoms with Crippen molar-refractivity contribution in [3.63, 3.8) is 0 Å². The zero-order valence-electron chi connectivity index (χ0n) is 14.3. The van der Waals surface area contributed by atoms with Gasteiger partial charge < -0.3 is 4.74 Å². The van der Waals surface area contributed by atoms with Crippen molar-refractivity contribution < 1.29 is 14.3 Å². The van der Waals surface area contributed by atoms with Gasteiger partial charge in [-0.15, -0.1) is 0 Å².